The smallest absolute Gasteiger partial charge is 0.346 e. The van der Waals surface area contributed by atoms with E-state index in [2.05, 4.69) is 52.4 Å². The fourth-order valence-corrected chi connectivity index (χ4v) is 8.08. The Hall–Kier alpha value is -6.88. The molecule has 2 heterocycles. The standard InChI is InChI=1S/C53H32F3N3.Pt/c54-53(55,56)50-34-58-52(37-15-13-19-40(31-37)59(38-16-2-1-3-17-38)39-18-12-14-36(30-39)51-26-10-11-29-57-51)33-48(50)35-27-28-47-45-24-7-6-22-43(45)41-20-4-5-21-42(41)44-23-8-9-25-46(44)49(47)32-35;/h1-29,32-34H;/q-2;+2. The van der Waals surface area contributed by atoms with E-state index in [-0.39, 0.29) is 26.6 Å². The third-order valence-corrected chi connectivity index (χ3v) is 10.8. The maximum Gasteiger partial charge on any atom is 2.00 e. The van der Waals surface area contributed by atoms with E-state index in [9.17, 15) is 13.2 Å². The molecule has 0 unspecified atom stereocenters. The van der Waals surface area contributed by atoms with Crippen molar-refractivity contribution in [3.63, 3.8) is 0 Å². The molecular weight excluding hydrogens is 931 g/mol. The number of aromatic nitrogens is 2. The van der Waals surface area contributed by atoms with Gasteiger partial charge in [-0.1, -0.05) is 121 Å². The summed E-state index contributed by atoms with van der Waals surface area (Å²) in [6, 6.07) is 65.9. The zero-order valence-corrected chi connectivity index (χ0v) is 34.0. The number of hydrogen-bond acceptors (Lipinski definition) is 3. The average molecular weight is 963 g/mol. The third-order valence-electron chi connectivity index (χ3n) is 10.8. The third kappa shape index (κ3) is 7.14. The van der Waals surface area contributed by atoms with Crippen molar-refractivity contribution < 1.29 is 34.2 Å². The van der Waals surface area contributed by atoms with Crippen molar-refractivity contribution in [3.05, 3.63) is 212 Å². The van der Waals surface area contributed by atoms with Crippen LogP contribution in [0, 0.1) is 12.1 Å². The van der Waals surface area contributed by atoms with Crippen LogP contribution in [-0.2, 0) is 27.2 Å². The summed E-state index contributed by atoms with van der Waals surface area (Å²) in [5.74, 6) is 0. The Bertz CT molecular complexity index is 3000. The molecule has 0 saturated carbocycles. The van der Waals surface area contributed by atoms with Crippen molar-refractivity contribution >= 4 is 17.1 Å². The summed E-state index contributed by atoms with van der Waals surface area (Å²) in [6.45, 7) is 0. The molecule has 0 spiro atoms. The molecule has 7 aromatic carbocycles. The average Bonchev–Trinajstić information content (AvgIpc) is 3.29. The Kier molecular flexibility index (Phi) is 10.3. The first-order valence-corrected chi connectivity index (χ1v) is 19.2. The molecular formula is C53H32F3N3Pt. The van der Waals surface area contributed by atoms with E-state index in [0.29, 0.717) is 22.5 Å². The molecule has 0 saturated heterocycles. The van der Waals surface area contributed by atoms with Gasteiger partial charge in [-0.05, 0) is 103 Å². The molecule has 1 aliphatic carbocycles. The predicted octanol–water partition coefficient (Wildman–Crippen LogP) is 14.5. The predicted molar refractivity (Wildman–Crippen MR) is 231 cm³/mol. The van der Waals surface area contributed by atoms with Crippen LogP contribution in [0.15, 0.2) is 194 Å². The molecule has 1 aliphatic rings. The van der Waals surface area contributed by atoms with Crippen molar-refractivity contribution in [1.29, 1.82) is 0 Å². The van der Waals surface area contributed by atoms with Crippen molar-refractivity contribution in [2.75, 3.05) is 4.90 Å². The fourth-order valence-electron chi connectivity index (χ4n) is 8.08. The summed E-state index contributed by atoms with van der Waals surface area (Å²) >= 11 is 0. The van der Waals surface area contributed by atoms with Crippen molar-refractivity contribution in [1.82, 2.24) is 9.97 Å². The molecule has 0 atom stereocenters. The molecule has 0 fully saturated rings. The van der Waals surface area contributed by atoms with E-state index in [1.165, 1.54) is 0 Å². The molecule has 0 amide bonds. The van der Waals surface area contributed by atoms with E-state index in [1.807, 2.05) is 144 Å². The van der Waals surface area contributed by atoms with Crippen molar-refractivity contribution in [2.45, 2.75) is 6.18 Å². The second kappa shape index (κ2) is 16.0. The first kappa shape index (κ1) is 38.6. The number of benzene rings is 7. The van der Waals surface area contributed by atoms with Gasteiger partial charge in [-0.2, -0.15) is 13.2 Å². The molecule has 0 aliphatic heterocycles. The van der Waals surface area contributed by atoms with Crippen LogP contribution in [0.1, 0.15) is 5.56 Å². The van der Waals surface area contributed by atoms with Crippen molar-refractivity contribution in [2.24, 2.45) is 0 Å². The van der Waals surface area contributed by atoms with Gasteiger partial charge < -0.3 is 14.9 Å². The monoisotopic (exact) mass is 962 g/mol. The van der Waals surface area contributed by atoms with Crippen LogP contribution in [0.3, 0.4) is 0 Å². The topological polar surface area (TPSA) is 29.0 Å². The molecule has 290 valence electrons. The number of rotatable bonds is 6. The van der Waals surface area contributed by atoms with Crippen LogP contribution >= 0.6 is 0 Å². The minimum Gasteiger partial charge on any atom is -0.346 e. The number of alkyl halides is 3. The van der Waals surface area contributed by atoms with E-state index in [1.54, 1.807) is 18.3 Å². The van der Waals surface area contributed by atoms with Crippen LogP contribution < -0.4 is 4.90 Å². The van der Waals surface area contributed by atoms with Crippen LogP contribution in [0.2, 0.25) is 0 Å². The van der Waals surface area contributed by atoms with Gasteiger partial charge in [0.05, 0.1) is 5.56 Å². The van der Waals surface area contributed by atoms with Gasteiger partial charge in [-0.3, -0.25) is 0 Å². The first-order chi connectivity index (χ1) is 28.9. The van der Waals surface area contributed by atoms with E-state index >= 15 is 0 Å². The number of para-hydroxylation sites is 1. The summed E-state index contributed by atoms with van der Waals surface area (Å²) in [5, 5.41) is 0. The Morgan fingerprint density at radius 1 is 0.417 bits per heavy atom. The summed E-state index contributed by atoms with van der Waals surface area (Å²) in [5.41, 5.74) is 12.4. The number of nitrogens with zero attached hydrogens (tertiary/aromatic N) is 3. The quantitative estimate of drug-likeness (QED) is 0.156. The van der Waals surface area contributed by atoms with E-state index in [4.69, 9.17) is 0 Å². The maximum absolute atomic E-state index is 15.0. The second-order valence-corrected chi connectivity index (χ2v) is 14.3. The van der Waals surface area contributed by atoms with Crippen molar-refractivity contribution in [3.8, 4) is 78.1 Å². The Labute approximate surface area is 360 Å². The number of fused-ring (bicyclic) bond motifs is 8. The number of hydrogen-bond donors (Lipinski definition) is 0. The van der Waals surface area contributed by atoms with Gasteiger partial charge in [0.15, 0.2) is 0 Å². The number of pyridine rings is 2. The van der Waals surface area contributed by atoms with Gasteiger partial charge in [0.25, 0.3) is 0 Å². The molecule has 2 aromatic heterocycles. The van der Waals surface area contributed by atoms with Crippen LogP contribution in [-0.4, -0.2) is 9.97 Å². The van der Waals surface area contributed by atoms with Gasteiger partial charge >= 0.3 is 27.2 Å². The van der Waals surface area contributed by atoms with Crippen LogP contribution in [0.25, 0.3) is 78.1 Å². The maximum atomic E-state index is 15.0. The Balaban J connectivity index is 0.00000462. The van der Waals surface area contributed by atoms with E-state index < -0.39 is 11.7 Å². The van der Waals surface area contributed by atoms with E-state index in [0.717, 1.165) is 73.3 Å². The molecule has 10 rings (SSSR count). The Morgan fingerprint density at radius 2 is 0.917 bits per heavy atom. The normalized spacial score (nSPS) is 11.4. The summed E-state index contributed by atoms with van der Waals surface area (Å²) < 4.78 is 44.9. The SMILES string of the molecule is FC(F)(F)c1cnc(-c2[c-]c(N(c3[c-]c(-c4ccccn4)ccc3)c3ccccc3)ccc2)cc1-c1ccc2c(c1)-c1ccccc1-c1ccccc1-c1ccccc1-2.[Pt+2]. The van der Waals surface area contributed by atoms with Gasteiger partial charge in [-0.25, -0.2) is 0 Å². The minimum absolute atomic E-state index is 0. The Morgan fingerprint density at radius 3 is 1.45 bits per heavy atom. The van der Waals surface area contributed by atoms with Gasteiger partial charge in [-0.15, -0.1) is 59.7 Å². The molecule has 3 nitrogen and oxygen atoms in total. The fraction of sp³-hybridized carbons (Fsp3) is 0.0189. The van der Waals surface area contributed by atoms with Crippen LogP contribution in [0.4, 0.5) is 30.2 Å². The minimum atomic E-state index is -4.65. The van der Waals surface area contributed by atoms with Gasteiger partial charge in [0.1, 0.15) is 0 Å². The largest absolute Gasteiger partial charge is 2.00 e. The first-order valence-electron chi connectivity index (χ1n) is 19.2. The van der Waals surface area contributed by atoms with Gasteiger partial charge in [0.2, 0.25) is 0 Å². The molecule has 60 heavy (non-hydrogen) atoms. The zero-order valence-electron chi connectivity index (χ0n) is 31.8. The molecule has 0 bridgehead atoms. The zero-order chi connectivity index (χ0) is 39.9. The second-order valence-electron chi connectivity index (χ2n) is 14.3. The summed E-state index contributed by atoms with van der Waals surface area (Å²) in [6.07, 6.45) is -1.96. The molecule has 0 N–H and O–H groups in total. The number of anilines is 3. The van der Waals surface area contributed by atoms with Crippen LogP contribution in [0.5, 0.6) is 0 Å². The molecule has 7 heteroatoms. The molecule has 0 radical (unpaired) electrons. The summed E-state index contributed by atoms with van der Waals surface area (Å²) in [4.78, 5) is 11.0. The number of halogens is 3. The van der Waals surface area contributed by atoms with Gasteiger partial charge in [0, 0.05) is 18.1 Å². The molecule has 9 aromatic rings. The summed E-state index contributed by atoms with van der Waals surface area (Å²) in [7, 11) is 0.